The molecule has 3 rings (SSSR count). The molecule has 3 atom stereocenters. The van der Waals surface area contributed by atoms with E-state index in [1.165, 1.54) is 12.7 Å². The largest absolute Gasteiger partial charge is 0.300 e. The number of nitrogens with zero attached hydrogens (tertiary/aromatic N) is 3. The highest BCUT2D eigenvalue weighted by Gasteiger charge is 2.41. The fraction of sp³-hybridized carbons (Fsp3) is 0.429. The zero-order valence-corrected chi connectivity index (χ0v) is 14.5. The molecule has 1 aliphatic rings. The molecule has 0 aliphatic heterocycles. The minimum absolute atomic E-state index is 0.223. The molecule has 124 valence electrons. The third-order valence-electron chi connectivity index (χ3n) is 3.89. The summed E-state index contributed by atoms with van der Waals surface area (Å²) in [5, 5.41) is 7.28. The van der Waals surface area contributed by atoms with Gasteiger partial charge in [0.2, 0.25) is 10.0 Å². The fourth-order valence-corrected chi connectivity index (χ4v) is 5.15. The van der Waals surface area contributed by atoms with Gasteiger partial charge in [0.1, 0.15) is 17.7 Å². The van der Waals surface area contributed by atoms with Gasteiger partial charge in [-0.15, -0.1) is 21.8 Å². The van der Waals surface area contributed by atoms with Gasteiger partial charge in [-0.25, -0.2) is 13.1 Å². The predicted molar refractivity (Wildman–Crippen MR) is 87.9 cm³/mol. The lowest BCUT2D eigenvalue weighted by Gasteiger charge is -2.39. The zero-order valence-electron chi connectivity index (χ0n) is 12.1. The number of benzene rings is 1. The van der Waals surface area contributed by atoms with E-state index in [9.17, 15) is 8.42 Å². The van der Waals surface area contributed by atoms with E-state index in [1.54, 1.807) is 34.9 Å². The average molecular weight is 375 g/mol. The van der Waals surface area contributed by atoms with Crippen LogP contribution in [0.3, 0.4) is 0 Å². The van der Waals surface area contributed by atoms with Crippen molar-refractivity contribution in [1.82, 2.24) is 19.5 Å². The first-order chi connectivity index (χ1) is 10.9. The summed E-state index contributed by atoms with van der Waals surface area (Å²) in [6.45, 7) is 0. The number of aromatic nitrogens is 3. The molecule has 1 aliphatic carbocycles. The smallest absolute Gasteiger partial charge is 0.240 e. The maximum absolute atomic E-state index is 12.5. The van der Waals surface area contributed by atoms with E-state index in [2.05, 4.69) is 14.9 Å². The van der Waals surface area contributed by atoms with E-state index in [0.717, 1.165) is 0 Å². The van der Waals surface area contributed by atoms with E-state index >= 15 is 0 Å². The quantitative estimate of drug-likeness (QED) is 0.832. The Hall–Kier alpha value is -1.15. The first-order valence-corrected chi connectivity index (χ1v) is 9.44. The fourth-order valence-electron chi connectivity index (χ4n) is 2.87. The van der Waals surface area contributed by atoms with Gasteiger partial charge in [-0.1, -0.05) is 29.8 Å². The molecule has 1 saturated carbocycles. The van der Waals surface area contributed by atoms with Gasteiger partial charge in [0.05, 0.1) is 4.90 Å². The van der Waals surface area contributed by atoms with Gasteiger partial charge in [-0.2, -0.15) is 0 Å². The molecular formula is C14H16Cl2N4O2S. The van der Waals surface area contributed by atoms with Crippen LogP contribution < -0.4 is 4.72 Å². The van der Waals surface area contributed by atoms with Crippen molar-refractivity contribution in [2.75, 3.05) is 0 Å². The molecule has 2 aromatic rings. The van der Waals surface area contributed by atoms with Gasteiger partial charge in [-0.05, 0) is 18.6 Å². The van der Waals surface area contributed by atoms with Crippen LogP contribution in [-0.2, 0) is 15.0 Å². The van der Waals surface area contributed by atoms with Gasteiger partial charge >= 0.3 is 0 Å². The zero-order chi connectivity index (χ0) is 16.5. The Morgan fingerprint density at radius 2 is 1.83 bits per heavy atom. The average Bonchev–Trinajstić information content (AvgIpc) is 3.02. The molecule has 6 nitrogen and oxygen atoms in total. The molecule has 23 heavy (non-hydrogen) atoms. The molecular weight excluding hydrogens is 359 g/mol. The first kappa shape index (κ1) is 16.7. The minimum atomic E-state index is -3.61. The Morgan fingerprint density at radius 1 is 1.17 bits per heavy atom. The van der Waals surface area contributed by atoms with Gasteiger partial charge in [0.15, 0.2) is 0 Å². The highest BCUT2D eigenvalue weighted by atomic mass is 35.5. The number of alkyl halides is 2. The van der Waals surface area contributed by atoms with E-state index in [-0.39, 0.29) is 16.3 Å². The van der Waals surface area contributed by atoms with Crippen molar-refractivity contribution < 1.29 is 8.42 Å². The molecule has 1 fully saturated rings. The highest BCUT2D eigenvalue weighted by Crippen LogP contribution is 2.40. The highest BCUT2D eigenvalue weighted by molar-refractivity contribution is 7.89. The van der Waals surface area contributed by atoms with Crippen molar-refractivity contribution >= 4 is 33.2 Å². The number of hydrogen-bond acceptors (Lipinski definition) is 4. The van der Waals surface area contributed by atoms with Gasteiger partial charge in [0, 0.05) is 24.3 Å². The minimum Gasteiger partial charge on any atom is -0.300 e. The van der Waals surface area contributed by atoms with Crippen LogP contribution in [0.15, 0.2) is 47.9 Å². The lowest BCUT2D eigenvalue weighted by atomic mass is 9.90. The maximum Gasteiger partial charge on any atom is 0.240 e. The number of sulfonamides is 1. The Kier molecular flexibility index (Phi) is 4.64. The second-order valence-corrected chi connectivity index (χ2v) is 8.69. The molecule has 1 N–H and O–H groups in total. The first-order valence-electron chi connectivity index (χ1n) is 7.14. The summed E-state index contributed by atoms with van der Waals surface area (Å²) in [7, 11) is -3.61. The van der Waals surface area contributed by atoms with E-state index < -0.39 is 15.0 Å². The van der Waals surface area contributed by atoms with Gasteiger partial charge in [0.25, 0.3) is 0 Å². The number of halogens is 2. The summed E-state index contributed by atoms with van der Waals surface area (Å²) in [4.78, 5) is -0.612. The number of hydrogen-bond donors (Lipinski definition) is 1. The van der Waals surface area contributed by atoms with E-state index in [1.807, 2.05) is 0 Å². The summed E-state index contributed by atoms with van der Waals surface area (Å²) in [5.41, 5.74) is 0. The van der Waals surface area contributed by atoms with E-state index in [0.29, 0.717) is 19.3 Å². The molecule has 1 aromatic heterocycles. The van der Waals surface area contributed by atoms with Crippen LogP contribution in [-0.4, -0.2) is 34.6 Å². The molecule has 0 amide bonds. The third-order valence-corrected chi connectivity index (χ3v) is 6.26. The maximum atomic E-state index is 12.5. The molecule has 1 heterocycles. The lowest BCUT2D eigenvalue weighted by Crippen LogP contribution is -2.47. The molecule has 1 aromatic carbocycles. The van der Waals surface area contributed by atoms with Crippen molar-refractivity contribution in [3.63, 3.8) is 0 Å². The summed E-state index contributed by atoms with van der Waals surface area (Å²) >= 11 is 13.0. The molecule has 0 bridgehead atoms. The Balaban J connectivity index is 1.81. The van der Waals surface area contributed by atoms with Crippen LogP contribution in [0.2, 0.25) is 0 Å². The van der Waals surface area contributed by atoms with Crippen molar-refractivity contribution in [3.05, 3.63) is 43.0 Å². The van der Waals surface area contributed by atoms with E-state index in [4.69, 9.17) is 23.2 Å². The van der Waals surface area contributed by atoms with Crippen molar-refractivity contribution in [3.8, 4) is 0 Å². The van der Waals surface area contributed by atoms with Crippen LogP contribution in [0.4, 0.5) is 0 Å². The van der Waals surface area contributed by atoms with Crippen molar-refractivity contribution in [1.29, 1.82) is 0 Å². The van der Waals surface area contributed by atoms with Crippen LogP contribution in [0.5, 0.6) is 0 Å². The standard InChI is InChI=1S/C14H16Cl2N4O2S/c15-11-6-12(8-14(16,7-11)20-9-17-18-10-20)19-23(21,22)13-4-2-1-3-5-13/h1-5,9-12,19H,6-8H2/t11?,12-,14+/m0/s1. The predicted octanol–water partition coefficient (Wildman–Crippen LogP) is 2.31. The Bertz CT molecular complexity index is 754. The van der Waals surface area contributed by atoms with Gasteiger partial charge < -0.3 is 4.57 Å². The normalized spacial score (nSPS) is 28.6. The van der Waals surface area contributed by atoms with Crippen LogP contribution in [0.25, 0.3) is 0 Å². The van der Waals surface area contributed by atoms with Gasteiger partial charge in [-0.3, -0.25) is 0 Å². The Labute approximate surface area is 144 Å². The van der Waals surface area contributed by atoms with Crippen molar-refractivity contribution in [2.24, 2.45) is 0 Å². The molecule has 0 spiro atoms. The molecule has 0 saturated heterocycles. The Morgan fingerprint density at radius 3 is 2.48 bits per heavy atom. The molecule has 0 radical (unpaired) electrons. The second kappa shape index (κ2) is 6.39. The molecule has 9 heteroatoms. The lowest BCUT2D eigenvalue weighted by molar-refractivity contribution is 0.266. The monoisotopic (exact) mass is 374 g/mol. The van der Waals surface area contributed by atoms with Crippen LogP contribution in [0.1, 0.15) is 19.3 Å². The van der Waals surface area contributed by atoms with Crippen LogP contribution in [0, 0.1) is 0 Å². The topological polar surface area (TPSA) is 76.9 Å². The van der Waals surface area contributed by atoms with Crippen molar-refractivity contribution in [2.45, 2.75) is 40.6 Å². The summed E-state index contributed by atoms with van der Waals surface area (Å²) < 4.78 is 29.3. The summed E-state index contributed by atoms with van der Waals surface area (Å²) in [6.07, 6.45) is 4.47. The third kappa shape index (κ3) is 3.68. The number of nitrogens with one attached hydrogen (secondary N) is 1. The summed E-state index contributed by atoms with van der Waals surface area (Å²) in [5.74, 6) is 0. The van der Waals surface area contributed by atoms with Crippen LogP contribution >= 0.6 is 23.2 Å². The summed E-state index contributed by atoms with van der Waals surface area (Å²) in [6, 6.07) is 7.88. The number of rotatable bonds is 4. The SMILES string of the molecule is O=S(=O)(N[C@H]1CC(Cl)C[C@@](Cl)(n2cnnc2)C1)c1ccccc1. The second-order valence-electron chi connectivity index (χ2n) is 5.66. The molecule has 1 unspecified atom stereocenters.